The van der Waals surface area contributed by atoms with Crippen LogP contribution in [0.3, 0.4) is 0 Å². The highest BCUT2D eigenvalue weighted by Crippen LogP contribution is 2.34. The van der Waals surface area contributed by atoms with Crippen LogP contribution in [-0.2, 0) is 9.59 Å². The molecule has 2 aromatic rings. The second kappa shape index (κ2) is 7.57. The van der Waals surface area contributed by atoms with Crippen LogP contribution in [0.25, 0.3) is 0 Å². The van der Waals surface area contributed by atoms with Crippen LogP contribution < -0.4 is 24.8 Å². The van der Waals surface area contributed by atoms with Gasteiger partial charge in [0, 0.05) is 11.8 Å². The van der Waals surface area contributed by atoms with Gasteiger partial charge in [0.1, 0.15) is 5.75 Å². The molecule has 0 bridgehead atoms. The topological polar surface area (TPSA) is 85.9 Å². The first-order chi connectivity index (χ1) is 12.1. The summed E-state index contributed by atoms with van der Waals surface area (Å²) in [5.74, 6) is 1.14. The number of fused-ring (bicyclic) bond motifs is 1. The van der Waals surface area contributed by atoms with Gasteiger partial charge in [-0.25, -0.2) is 0 Å². The van der Waals surface area contributed by atoms with Crippen LogP contribution in [0.2, 0.25) is 0 Å². The average Bonchev–Trinajstić information content (AvgIpc) is 3.07. The van der Waals surface area contributed by atoms with Gasteiger partial charge in [-0.1, -0.05) is 18.2 Å². The molecule has 25 heavy (non-hydrogen) atoms. The van der Waals surface area contributed by atoms with E-state index in [1.165, 1.54) is 0 Å². The fourth-order valence-corrected chi connectivity index (χ4v) is 2.27. The Hall–Kier alpha value is -3.22. The summed E-state index contributed by atoms with van der Waals surface area (Å²) in [7, 11) is 0. The number of anilines is 1. The van der Waals surface area contributed by atoms with E-state index in [0.29, 0.717) is 22.9 Å². The van der Waals surface area contributed by atoms with Crippen molar-refractivity contribution in [2.24, 2.45) is 0 Å². The van der Waals surface area contributed by atoms with E-state index in [-0.39, 0.29) is 31.8 Å². The van der Waals surface area contributed by atoms with Crippen LogP contribution >= 0.6 is 0 Å². The number of para-hydroxylation sites is 1. The SMILES string of the molecule is Cc1ccccc1OCC(=O)NCC(=O)Nc1ccc2c(c1)OCO2. The summed E-state index contributed by atoms with van der Waals surface area (Å²) in [6, 6.07) is 12.5. The number of rotatable bonds is 6. The van der Waals surface area contributed by atoms with Crippen molar-refractivity contribution in [3.05, 3.63) is 48.0 Å². The van der Waals surface area contributed by atoms with Crippen molar-refractivity contribution in [2.45, 2.75) is 6.92 Å². The van der Waals surface area contributed by atoms with Gasteiger partial charge in [0.15, 0.2) is 18.1 Å². The number of hydrogen-bond donors (Lipinski definition) is 2. The molecular weight excluding hydrogens is 324 g/mol. The molecule has 0 saturated heterocycles. The molecule has 1 aliphatic rings. The Morgan fingerprint density at radius 3 is 2.72 bits per heavy atom. The molecule has 7 nitrogen and oxygen atoms in total. The van der Waals surface area contributed by atoms with Gasteiger partial charge in [0.25, 0.3) is 5.91 Å². The molecular formula is C18H18N2O5. The predicted molar refractivity (Wildman–Crippen MR) is 90.9 cm³/mol. The summed E-state index contributed by atoms with van der Waals surface area (Å²) in [6.07, 6.45) is 0. The molecule has 0 atom stereocenters. The first-order valence-corrected chi connectivity index (χ1v) is 7.76. The average molecular weight is 342 g/mol. The van der Waals surface area contributed by atoms with Gasteiger partial charge in [0.05, 0.1) is 6.54 Å². The van der Waals surface area contributed by atoms with Crippen molar-refractivity contribution in [3.8, 4) is 17.2 Å². The molecule has 130 valence electrons. The van der Waals surface area contributed by atoms with Gasteiger partial charge in [-0.2, -0.15) is 0 Å². The molecule has 0 saturated carbocycles. The van der Waals surface area contributed by atoms with Crippen LogP contribution in [0, 0.1) is 6.92 Å². The van der Waals surface area contributed by atoms with Gasteiger partial charge in [-0.3, -0.25) is 9.59 Å². The summed E-state index contributed by atoms with van der Waals surface area (Å²) < 4.78 is 15.9. The number of aryl methyl sites for hydroxylation is 1. The molecule has 0 radical (unpaired) electrons. The minimum absolute atomic E-state index is 0.148. The molecule has 2 amide bonds. The maximum absolute atomic E-state index is 11.9. The van der Waals surface area contributed by atoms with Crippen LogP contribution in [0.1, 0.15) is 5.56 Å². The van der Waals surface area contributed by atoms with Crippen LogP contribution in [0.15, 0.2) is 42.5 Å². The lowest BCUT2D eigenvalue weighted by Gasteiger charge is -2.10. The van der Waals surface area contributed by atoms with Gasteiger partial charge < -0.3 is 24.8 Å². The smallest absolute Gasteiger partial charge is 0.258 e. The van der Waals surface area contributed by atoms with E-state index in [2.05, 4.69) is 10.6 Å². The predicted octanol–water partition coefficient (Wildman–Crippen LogP) is 1.86. The zero-order valence-electron chi connectivity index (χ0n) is 13.7. The van der Waals surface area contributed by atoms with Crippen LogP contribution in [0.5, 0.6) is 17.2 Å². The summed E-state index contributed by atoms with van der Waals surface area (Å²) in [5, 5.41) is 5.19. The highest BCUT2D eigenvalue weighted by atomic mass is 16.7. The standard InChI is InChI=1S/C18H18N2O5/c1-12-4-2-3-5-14(12)23-10-18(22)19-9-17(21)20-13-6-7-15-16(8-13)25-11-24-15/h2-8H,9-11H2,1H3,(H,19,22)(H,20,21). The van der Waals surface area contributed by atoms with Crippen molar-refractivity contribution in [3.63, 3.8) is 0 Å². The van der Waals surface area contributed by atoms with E-state index in [9.17, 15) is 9.59 Å². The Morgan fingerprint density at radius 2 is 1.88 bits per heavy atom. The normalized spacial score (nSPS) is 11.7. The molecule has 0 fully saturated rings. The van der Waals surface area contributed by atoms with Gasteiger partial charge in [0.2, 0.25) is 12.7 Å². The van der Waals surface area contributed by atoms with E-state index in [1.54, 1.807) is 24.3 Å². The monoisotopic (exact) mass is 342 g/mol. The van der Waals surface area contributed by atoms with Crippen LogP contribution in [0.4, 0.5) is 5.69 Å². The lowest BCUT2D eigenvalue weighted by Crippen LogP contribution is -2.35. The van der Waals surface area contributed by atoms with Crippen molar-refractivity contribution in [2.75, 3.05) is 25.3 Å². The van der Waals surface area contributed by atoms with Gasteiger partial charge in [-0.15, -0.1) is 0 Å². The molecule has 0 unspecified atom stereocenters. The lowest BCUT2D eigenvalue weighted by atomic mass is 10.2. The van der Waals surface area contributed by atoms with Crippen molar-refractivity contribution < 1.29 is 23.8 Å². The van der Waals surface area contributed by atoms with Crippen LogP contribution in [-0.4, -0.2) is 31.8 Å². The quantitative estimate of drug-likeness (QED) is 0.837. The number of carbonyl (C=O) groups excluding carboxylic acids is 2. The molecule has 0 aromatic heterocycles. The Labute approximate surface area is 144 Å². The fourth-order valence-electron chi connectivity index (χ4n) is 2.27. The Balaban J connectivity index is 1.42. The maximum atomic E-state index is 11.9. The molecule has 7 heteroatoms. The van der Waals surface area contributed by atoms with E-state index < -0.39 is 0 Å². The zero-order chi connectivity index (χ0) is 17.6. The highest BCUT2D eigenvalue weighted by Gasteiger charge is 2.14. The fraction of sp³-hybridized carbons (Fsp3) is 0.222. The van der Waals surface area contributed by atoms with E-state index in [0.717, 1.165) is 5.56 Å². The lowest BCUT2D eigenvalue weighted by molar-refractivity contribution is -0.125. The highest BCUT2D eigenvalue weighted by molar-refractivity contribution is 5.95. The van der Waals surface area contributed by atoms with Crippen molar-refractivity contribution >= 4 is 17.5 Å². The molecule has 1 heterocycles. The Kier molecular flexibility index (Phi) is 5.03. The third-order valence-electron chi connectivity index (χ3n) is 3.55. The summed E-state index contributed by atoms with van der Waals surface area (Å²) >= 11 is 0. The maximum Gasteiger partial charge on any atom is 0.258 e. The van der Waals surface area contributed by atoms with E-state index in [1.807, 2.05) is 25.1 Å². The summed E-state index contributed by atoms with van der Waals surface area (Å²) in [4.78, 5) is 23.7. The molecule has 2 N–H and O–H groups in total. The van der Waals surface area contributed by atoms with Gasteiger partial charge >= 0.3 is 0 Å². The van der Waals surface area contributed by atoms with E-state index in [4.69, 9.17) is 14.2 Å². The number of benzene rings is 2. The molecule has 2 aromatic carbocycles. The number of amides is 2. The third-order valence-corrected chi connectivity index (χ3v) is 3.55. The second-order valence-corrected chi connectivity index (χ2v) is 5.45. The molecule has 1 aliphatic heterocycles. The minimum atomic E-state index is -0.371. The zero-order valence-corrected chi connectivity index (χ0v) is 13.7. The number of ether oxygens (including phenoxy) is 3. The van der Waals surface area contributed by atoms with Gasteiger partial charge in [-0.05, 0) is 30.7 Å². The number of nitrogens with one attached hydrogen (secondary N) is 2. The van der Waals surface area contributed by atoms with Crippen molar-refractivity contribution in [1.29, 1.82) is 0 Å². The largest absolute Gasteiger partial charge is 0.484 e. The van der Waals surface area contributed by atoms with E-state index >= 15 is 0 Å². The van der Waals surface area contributed by atoms with Crippen molar-refractivity contribution in [1.82, 2.24) is 5.32 Å². The second-order valence-electron chi connectivity index (χ2n) is 5.45. The molecule has 0 aliphatic carbocycles. The molecule has 3 rings (SSSR count). The molecule has 0 spiro atoms. The Morgan fingerprint density at radius 1 is 1.08 bits per heavy atom. The first kappa shape index (κ1) is 16.6. The number of carbonyl (C=O) groups is 2. The Bertz CT molecular complexity index is 791. The summed E-state index contributed by atoms with van der Waals surface area (Å²) in [6.45, 7) is 1.77. The summed E-state index contributed by atoms with van der Waals surface area (Å²) in [5.41, 5.74) is 1.51. The minimum Gasteiger partial charge on any atom is -0.484 e. The number of hydrogen-bond acceptors (Lipinski definition) is 5. The first-order valence-electron chi connectivity index (χ1n) is 7.76. The third kappa shape index (κ3) is 4.41.